The average molecular weight is 357 g/mol. The molecular formula is C16H16FN7O2. The molecule has 1 amide bonds. The van der Waals surface area contributed by atoms with Gasteiger partial charge in [0.15, 0.2) is 5.65 Å². The number of aromatic amines is 1. The molecular weight excluding hydrogens is 341 g/mol. The second-order valence-electron chi connectivity index (χ2n) is 5.94. The van der Waals surface area contributed by atoms with Gasteiger partial charge in [-0.1, -0.05) is 0 Å². The van der Waals surface area contributed by atoms with Gasteiger partial charge in [0.05, 0.1) is 12.2 Å². The molecule has 10 heteroatoms. The zero-order valence-electron chi connectivity index (χ0n) is 13.8. The highest BCUT2D eigenvalue weighted by Crippen LogP contribution is 2.26. The number of rotatable bonds is 5. The molecule has 3 aromatic heterocycles. The van der Waals surface area contributed by atoms with Crippen LogP contribution in [0.1, 0.15) is 16.8 Å². The van der Waals surface area contributed by atoms with Gasteiger partial charge in [-0.2, -0.15) is 9.61 Å². The summed E-state index contributed by atoms with van der Waals surface area (Å²) >= 11 is 0. The van der Waals surface area contributed by atoms with Gasteiger partial charge in [0.1, 0.15) is 29.1 Å². The number of alkyl halides is 1. The summed E-state index contributed by atoms with van der Waals surface area (Å²) in [6.07, 6.45) is 2.24. The van der Waals surface area contributed by atoms with E-state index < -0.39 is 18.1 Å². The first kappa shape index (κ1) is 16.1. The van der Waals surface area contributed by atoms with Crippen molar-refractivity contribution in [2.24, 2.45) is 0 Å². The minimum atomic E-state index is -0.997. The summed E-state index contributed by atoms with van der Waals surface area (Å²) in [6.45, 7) is 0. The number of fused-ring (bicyclic) bond motifs is 1. The van der Waals surface area contributed by atoms with Crippen molar-refractivity contribution >= 4 is 28.9 Å². The molecule has 4 rings (SSSR count). The van der Waals surface area contributed by atoms with Crippen molar-refractivity contribution in [1.29, 1.82) is 0 Å². The Morgan fingerprint density at radius 3 is 2.96 bits per heavy atom. The molecule has 1 fully saturated rings. The summed E-state index contributed by atoms with van der Waals surface area (Å²) in [6, 6.07) is 4.50. The molecule has 2 unspecified atom stereocenters. The molecule has 3 aromatic rings. The van der Waals surface area contributed by atoms with Crippen molar-refractivity contribution in [1.82, 2.24) is 24.9 Å². The molecule has 0 aromatic carbocycles. The first-order valence-electron chi connectivity index (χ1n) is 8.03. The van der Waals surface area contributed by atoms with Crippen molar-refractivity contribution in [3.8, 4) is 0 Å². The number of aromatic nitrogens is 4. The molecule has 3 heterocycles. The molecule has 1 saturated carbocycles. The lowest BCUT2D eigenvalue weighted by Crippen LogP contribution is -2.27. The Hall–Kier alpha value is -3.43. The quantitative estimate of drug-likeness (QED) is 0.542. The van der Waals surface area contributed by atoms with Gasteiger partial charge >= 0.3 is 0 Å². The van der Waals surface area contributed by atoms with E-state index in [9.17, 15) is 14.0 Å². The molecule has 0 spiro atoms. The van der Waals surface area contributed by atoms with Gasteiger partial charge in [0.25, 0.3) is 11.5 Å². The number of amides is 1. The normalized spacial score (nSPS) is 18.5. The summed E-state index contributed by atoms with van der Waals surface area (Å²) in [5.41, 5.74) is 0.538. The van der Waals surface area contributed by atoms with E-state index >= 15 is 0 Å². The van der Waals surface area contributed by atoms with E-state index in [4.69, 9.17) is 0 Å². The van der Waals surface area contributed by atoms with Crippen molar-refractivity contribution in [2.45, 2.75) is 18.6 Å². The van der Waals surface area contributed by atoms with Crippen LogP contribution < -0.4 is 21.5 Å². The van der Waals surface area contributed by atoms with Gasteiger partial charge in [-0.05, 0) is 12.1 Å². The molecule has 134 valence electrons. The third-order valence-corrected chi connectivity index (χ3v) is 4.08. The molecule has 0 bridgehead atoms. The fourth-order valence-corrected chi connectivity index (χ4v) is 2.58. The highest BCUT2D eigenvalue weighted by molar-refractivity contribution is 6.00. The molecule has 0 radical (unpaired) electrons. The van der Waals surface area contributed by atoms with Crippen LogP contribution in [0.5, 0.6) is 0 Å². The van der Waals surface area contributed by atoms with Gasteiger partial charge in [0.2, 0.25) is 0 Å². The average Bonchev–Trinajstić information content (AvgIpc) is 3.15. The molecule has 9 nitrogen and oxygen atoms in total. The first-order chi connectivity index (χ1) is 12.6. The van der Waals surface area contributed by atoms with Gasteiger partial charge in [-0.3, -0.25) is 9.59 Å². The highest BCUT2D eigenvalue weighted by atomic mass is 19.1. The zero-order valence-corrected chi connectivity index (χ0v) is 13.8. The van der Waals surface area contributed by atoms with Gasteiger partial charge in [-0.25, -0.2) is 9.37 Å². The Balaban J connectivity index is 1.73. The highest BCUT2D eigenvalue weighted by Gasteiger charge is 2.39. The Labute approximate surface area is 146 Å². The third-order valence-electron chi connectivity index (χ3n) is 4.08. The maximum atomic E-state index is 13.1. The largest absolute Gasteiger partial charge is 0.373 e. The van der Waals surface area contributed by atoms with Gasteiger partial charge in [-0.15, -0.1) is 0 Å². The van der Waals surface area contributed by atoms with E-state index in [1.807, 2.05) is 0 Å². The fraction of sp³-hybridized carbons (Fsp3) is 0.250. The predicted octanol–water partition coefficient (Wildman–Crippen LogP) is 1.04. The lowest BCUT2D eigenvalue weighted by atomic mass is 10.3. The molecule has 4 N–H and O–H groups in total. The summed E-state index contributed by atoms with van der Waals surface area (Å²) in [7, 11) is 1.70. The SMILES string of the molecule is CNc1cc(Nc2ccc[nH]c2=O)nc2c(C(=O)NC3CC3F)cnn12. The van der Waals surface area contributed by atoms with Crippen molar-refractivity contribution in [3.63, 3.8) is 0 Å². The number of nitrogens with zero attached hydrogens (tertiary/aromatic N) is 3. The van der Waals surface area contributed by atoms with Crippen LogP contribution in [-0.2, 0) is 0 Å². The molecule has 0 aliphatic heterocycles. The van der Waals surface area contributed by atoms with Crippen LogP contribution in [0.2, 0.25) is 0 Å². The molecule has 1 aliphatic rings. The Bertz CT molecular complexity index is 1040. The molecule has 2 atom stereocenters. The number of carbonyl (C=O) groups excluding carboxylic acids is 1. The number of pyridine rings is 1. The number of anilines is 3. The molecule has 26 heavy (non-hydrogen) atoms. The smallest absolute Gasteiger partial charge is 0.271 e. The fourth-order valence-electron chi connectivity index (χ4n) is 2.58. The van der Waals surface area contributed by atoms with E-state index in [0.29, 0.717) is 29.4 Å². The predicted molar refractivity (Wildman–Crippen MR) is 93.6 cm³/mol. The zero-order chi connectivity index (χ0) is 18.3. The van der Waals surface area contributed by atoms with E-state index in [2.05, 4.69) is 31.0 Å². The minimum Gasteiger partial charge on any atom is -0.373 e. The Morgan fingerprint density at radius 2 is 2.27 bits per heavy atom. The number of hydrogen-bond donors (Lipinski definition) is 4. The van der Waals surface area contributed by atoms with E-state index in [1.54, 1.807) is 25.2 Å². The number of hydrogen-bond acceptors (Lipinski definition) is 6. The molecule has 0 saturated heterocycles. The summed E-state index contributed by atoms with van der Waals surface area (Å²) in [5.74, 6) is 0.496. The van der Waals surface area contributed by atoms with E-state index in [1.165, 1.54) is 16.9 Å². The number of halogens is 1. The van der Waals surface area contributed by atoms with Crippen molar-refractivity contribution in [2.75, 3.05) is 17.7 Å². The topological polar surface area (TPSA) is 116 Å². The van der Waals surface area contributed by atoms with Crippen LogP contribution in [0.15, 0.2) is 35.4 Å². The minimum absolute atomic E-state index is 0.228. The standard InChI is InChI=1S/C16H16FN7O2/c1-18-13-6-12(21-10-3-2-4-19-16(10)26)23-14-8(7-20-24(13)14)15(25)22-11-5-9(11)17/h2-4,6-7,9,11,18H,5H2,1H3,(H,19,26)(H,21,23)(H,22,25). The Kier molecular flexibility index (Phi) is 3.79. The third kappa shape index (κ3) is 2.85. The summed E-state index contributed by atoms with van der Waals surface area (Å²) in [5, 5.41) is 12.7. The summed E-state index contributed by atoms with van der Waals surface area (Å²) < 4.78 is 14.5. The van der Waals surface area contributed by atoms with Crippen LogP contribution >= 0.6 is 0 Å². The second-order valence-corrected chi connectivity index (χ2v) is 5.94. The van der Waals surface area contributed by atoms with Crippen molar-refractivity contribution < 1.29 is 9.18 Å². The second kappa shape index (κ2) is 6.14. The maximum absolute atomic E-state index is 13.1. The van der Waals surface area contributed by atoms with Crippen LogP contribution in [0, 0.1) is 0 Å². The monoisotopic (exact) mass is 357 g/mol. The van der Waals surface area contributed by atoms with Gasteiger partial charge < -0.3 is 20.9 Å². The number of carbonyl (C=O) groups is 1. The van der Waals surface area contributed by atoms with Crippen LogP contribution in [0.4, 0.5) is 21.7 Å². The number of H-pyrrole nitrogens is 1. The lowest BCUT2D eigenvalue weighted by Gasteiger charge is -2.09. The van der Waals surface area contributed by atoms with Crippen LogP contribution in [-0.4, -0.2) is 44.8 Å². The Morgan fingerprint density at radius 1 is 1.46 bits per heavy atom. The lowest BCUT2D eigenvalue weighted by molar-refractivity contribution is 0.0949. The van der Waals surface area contributed by atoms with E-state index in [-0.39, 0.29) is 11.1 Å². The van der Waals surface area contributed by atoms with E-state index in [0.717, 1.165) is 0 Å². The molecule has 1 aliphatic carbocycles. The number of nitrogens with one attached hydrogen (secondary N) is 4. The maximum Gasteiger partial charge on any atom is 0.271 e. The first-order valence-corrected chi connectivity index (χ1v) is 8.03. The van der Waals surface area contributed by atoms with Crippen LogP contribution in [0.25, 0.3) is 5.65 Å². The summed E-state index contributed by atoms with van der Waals surface area (Å²) in [4.78, 5) is 31.2. The van der Waals surface area contributed by atoms with Crippen molar-refractivity contribution in [3.05, 3.63) is 46.5 Å². The van der Waals surface area contributed by atoms with Crippen LogP contribution in [0.3, 0.4) is 0 Å². The van der Waals surface area contributed by atoms with Gasteiger partial charge in [0, 0.05) is 25.7 Å².